The molecule has 0 saturated heterocycles. The number of hydrogen-bond acceptors (Lipinski definition) is 3. The molecule has 2 N–H and O–H groups in total. The summed E-state index contributed by atoms with van der Waals surface area (Å²) in [7, 11) is 1.53. The number of hydrogen-bond donors (Lipinski definition) is 2. The summed E-state index contributed by atoms with van der Waals surface area (Å²) in [5.41, 5.74) is 0.331. The van der Waals surface area contributed by atoms with E-state index in [9.17, 15) is 22.8 Å². The van der Waals surface area contributed by atoms with Gasteiger partial charge in [-0.25, -0.2) is 13.2 Å². The normalized spacial score (nSPS) is 17.9. The molecule has 1 aliphatic rings. The third kappa shape index (κ3) is 4.05. The predicted molar refractivity (Wildman–Crippen MR) is 91.4 cm³/mol. The molecule has 0 bridgehead atoms. The van der Waals surface area contributed by atoms with Crippen LogP contribution in [0.3, 0.4) is 0 Å². The van der Waals surface area contributed by atoms with Crippen LogP contribution in [0.15, 0.2) is 36.4 Å². The van der Waals surface area contributed by atoms with E-state index in [0.717, 1.165) is 17.7 Å². The van der Waals surface area contributed by atoms with Crippen molar-refractivity contribution in [2.24, 2.45) is 11.8 Å². The number of carbonyl (C=O) groups is 2. The van der Waals surface area contributed by atoms with Crippen LogP contribution in [0.2, 0.25) is 0 Å². The van der Waals surface area contributed by atoms with E-state index < -0.39 is 40.9 Å². The predicted octanol–water partition coefficient (Wildman–Crippen LogP) is 3.00. The van der Waals surface area contributed by atoms with E-state index in [4.69, 9.17) is 4.74 Å². The van der Waals surface area contributed by atoms with Gasteiger partial charge in [-0.2, -0.15) is 0 Å². The van der Waals surface area contributed by atoms with Crippen LogP contribution in [-0.2, 0) is 16.1 Å². The highest BCUT2D eigenvalue weighted by Gasteiger charge is 2.48. The maximum atomic E-state index is 13.6. The number of benzene rings is 2. The number of nitrogens with one attached hydrogen (secondary N) is 2. The van der Waals surface area contributed by atoms with E-state index in [0.29, 0.717) is 12.2 Å². The fraction of sp³-hybridized carbons (Fsp3) is 0.263. The summed E-state index contributed by atoms with van der Waals surface area (Å²) in [4.78, 5) is 24.3. The second-order valence-electron chi connectivity index (χ2n) is 6.19. The fourth-order valence-electron chi connectivity index (χ4n) is 2.78. The van der Waals surface area contributed by atoms with Crippen LogP contribution in [0.25, 0.3) is 0 Å². The number of methoxy groups -OCH3 is 1. The number of rotatable bonds is 6. The Hall–Kier alpha value is -3.03. The van der Waals surface area contributed by atoms with Gasteiger partial charge in [0.25, 0.3) is 0 Å². The second kappa shape index (κ2) is 7.69. The molecule has 2 unspecified atom stereocenters. The Kier molecular flexibility index (Phi) is 5.34. The maximum Gasteiger partial charge on any atom is 0.228 e. The van der Waals surface area contributed by atoms with Gasteiger partial charge < -0.3 is 15.4 Å². The highest BCUT2D eigenvalue weighted by molar-refractivity contribution is 5.99. The monoisotopic (exact) mass is 378 g/mol. The summed E-state index contributed by atoms with van der Waals surface area (Å²) >= 11 is 0. The highest BCUT2D eigenvalue weighted by Crippen LogP contribution is 2.40. The first-order valence-electron chi connectivity index (χ1n) is 8.26. The van der Waals surface area contributed by atoms with E-state index in [1.54, 1.807) is 6.07 Å². The van der Waals surface area contributed by atoms with Gasteiger partial charge in [-0.1, -0.05) is 18.2 Å². The Labute approximate surface area is 153 Å². The first-order chi connectivity index (χ1) is 12.9. The van der Waals surface area contributed by atoms with Crippen molar-refractivity contribution in [2.45, 2.75) is 13.0 Å². The molecule has 0 aliphatic heterocycles. The van der Waals surface area contributed by atoms with Gasteiger partial charge in [-0.15, -0.1) is 0 Å². The zero-order valence-electron chi connectivity index (χ0n) is 14.4. The molecular formula is C19H17F3N2O3. The molecule has 5 nitrogen and oxygen atoms in total. The van der Waals surface area contributed by atoms with Crippen LogP contribution < -0.4 is 15.4 Å². The van der Waals surface area contributed by atoms with Crippen molar-refractivity contribution in [2.75, 3.05) is 12.4 Å². The molecule has 2 aromatic carbocycles. The van der Waals surface area contributed by atoms with Gasteiger partial charge in [0.05, 0.1) is 24.6 Å². The van der Waals surface area contributed by atoms with Crippen LogP contribution in [0, 0.1) is 29.3 Å². The van der Waals surface area contributed by atoms with E-state index in [2.05, 4.69) is 10.6 Å². The fourth-order valence-corrected chi connectivity index (χ4v) is 2.78. The van der Waals surface area contributed by atoms with Gasteiger partial charge in [0.15, 0.2) is 17.5 Å². The molecule has 3 rings (SSSR count). The van der Waals surface area contributed by atoms with Crippen LogP contribution >= 0.6 is 0 Å². The quantitative estimate of drug-likeness (QED) is 0.760. The lowest BCUT2D eigenvalue weighted by Gasteiger charge is -2.10. The molecule has 2 amide bonds. The van der Waals surface area contributed by atoms with Crippen molar-refractivity contribution in [3.63, 3.8) is 0 Å². The van der Waals surface area contributed by atoms with Crippen molar-refractivity contribution < 1.29 is 27.5 Å². The summed E-state index contributed by atoms with van der Waals surface area (Å²) in [6.45, 7) is 0.242. The minimum absolute atomic E-state index is 0.242. The van der Waals surface area contributed by atoms with Crippen molar-refractivity contribution >= 4 is 17.5 Å². The lowest BCUT2D eigenvalue weighted by molar-refractivity contribution is -0.125. The van der Waals surface area contributed by atoms with Gasteiger partial charge in [0.2, 0.25) is 11.8 Å². The van der Waals surface area contributed by atoms with Crippen LogP contribution in [0.5, 0.6) is 5.75 Å². The molecule has 2 atom stereocenters. The molecule has 8 heteroatoms. The van der Waals surface area contributed by atoms with E-state index in [-0.39, 0.29) is 12.5 Å². The molecule has 0 radical (unpaired) electrons. The Balaban J connectivity index is 1.55. The Morgan fingerprint density at radius 3 is 2.48 bits per heavy atom. The van der Waals surface area contributed by atoms with E-state index in [1.807, 2.05) is 18.2 Å². The number of halogens is 3. The summed E-state index contributed by atoms with van der Waals surface area (Å²) in [6.07, 6.45) is 0.300. The second-order valence-corrected chi connectivity index (χ2v) is 6.19. The summed E-state index contributed by atoms with van der Waals surface area (Å²) in [6, 6.07) is 8.85. The Morgan fingerprint density at radius 2 is 1.74 bits per heavy atom. The zero-order valence-corrected chi connectivity index (χ0v) is 14.4. The van der Waals surface area contributed by atoms with Crippen LogP contribution in [0.1, 0.15) is 12.0 Å². The smallest absolute Gasteiger partial charge is 0.228 e. The number of amides is 2. The van der Waals surface area contributed by atoms with Gasteiger partial charge in [-0.05, 0) is 24.6 Å². The first-order valence-corrected chi connectivity index (χ1v) is 8.26. The lowest BCUT2D eigenvalue weighted by Crippen LogP contribution is -2.27. The molecule has 0 aromatic heterocycles. The molecule has 0 heterocycles. The highest BCUT2D eigenvalue weighted by atomic mass is 19.2. The summed E-state index contributed by atoms with van der Waals surface area (Å²) < 4.78 is 45.0. The minimum atomic E-state index is -1.66. The van der Waals surface area contributed by atoms with Gasteiger partial charge in [-0.3, -0.25) is 9.59 Å². The van der Waals surface area contributed by atoms with Crippen LogP contribution in [0.4, 0.5) is 18.9 Å². The standard InChI is InChI=1S/C19H17F3N2O3/c1-27-15-5-3-2-4-10(15)9-23-18(25)11-8-12(11)19(26)24-14-7-6-13(20)16(21)17(14)22/h2-7,11-12H,8-9H2,1H3,(H,23,25)(H,24,26). The van der Waals surface area contributed by atoms with Crippen molar-refractivity contribution in [3.05, 3.63) is 59.4 Å². The van der Waals surface area contributed by atoms with Gasteiger partial charge in [0.1, 0.15) is 5.75 Å². The first kappa shape index (κ1) is 18.8. The Bertz CT molecular complexity index is 888. The van der Waals surface area contributed by atoms with E-state index >= 15 is 0 Å². The van der Waals surface area contributed by atoms with Crippen molar-refractivity contribution in [1.29, 1.82) is 0 Å². The van der Waals surface area contributed by atoms with E-state index in [1.165, 1.54) is 7.11 Å². The SMILES string of the molecule is COc1ccccc1CNC(=O)C1CC1C(=O)Nc1ccc(F)c(F)c1F. The molecular weight excluding hydrogens is 361 g/mol. The molecule has 142 valence electrons. The van der Waals surface area contributed by atoms with Crippen molar-refractivity contribution in [3.8, 4) is 5.75 Å². The number of carbonyl (C=O) groups excluding carboxylic acids is 2. The molecule has 0 spiro atoms. The summed E-state index contributed by atoms with van der Waals surface area (Å²) in [5.74, 6) is -5.95. The topological polar surface area (TPSA) is 67.4 Å². The van der Waals surface area contributed by atoms with Gasteiger partial charge >= 0.3 is 0 Å². The molecule has 1 fully saturated rings. The summed E-state index contributed by atoms with van der Waals surface area (Å²) in [5, 5.41) is 4.93. The average molecular weight is 378 g/mol. The third-order valence-electron chi connectivity index (χ3n) is 4.40. The third-order valence-corrected chi connectivity index (χ3v) is 4.40. The minimum Gasteiger partial charge on any atom is -0.496 e. The molecule has 27 heavy (non-hydrogen) atoms. The van der Waals surface area contributed by atoms with Gasteiger partial charge in [0, 0.05) is 12.1 Å². The molecule has 1 saturated carbocycles. The number of para-hydroxylation sites is 1. The molecule has 1 aliphatic carbocycles. The van der Waals surface area contributed by atoms with Crippen molar-refractivity contribution in [1.82, 2.24) is 5.32 Å². The number of anilines is 1. The Morgan fingerprint density at radius 1 is 1.04 bits per heavy atom. The molecule has 2 aromatic rings. The lowest BCUT2D eigenvalue weighted by atomic mass is 10.2. The number of ether oxygens (including phenoxy) is 1. The largest absolute Gasteiger partial charge is 0.496 e. The van der Waals surface area contributed by atoms with Crippen LogP contribution in [-0.4, -0.2) is 18.9 Å². The average Bonchev–Trinajstić information content (AvgIpc) is 3.48. The maximum absolute atomic E-state index is 13.6. The zero-order chi connectivity index (χ0) is 19.6.